The van der Waals surface area contributed by atoms with Crippen LogP contribution in [0.2, 0.25) is 0 Å². The third kappa shape index (κ3) is 7.47. The Morgan fingerprint density at radius 2 is 2.03 bits per heavy atom. The monoisotopic (exact) mass is 551 g/mol. The molecule has 200 valence electrons. The first-order chi connectivity index (χ1) is 17.4. The highest BCUT2D eigenvalue weighted by Crippen LogP contribution is 2.40. The van der Waals surface area contributed by atoms with Crippen LogP contribution in [-0.4, -0.2) is 60.2 Å². The Bertz CT molecular complexity index is 1160. The number of aromatic nitrogens is 3. The Morgan fingerprint density at radius 1 is 1.27 bits per heavy atom. The van der Waals surface area contributed by atoms with Crippen molar-refractivity contribution in [1.82, 2.24) is 25.4 Å². The SMILES string of the molecule is CC(=O)SC1CCN(C(C(=O)C2CC2)c2ccccc2F)C/C1=C\c1cnnn1CCCC(=O)NO.Cl. The number of nitrogens with one attached hydrogen (secondary N) is 1. The van der Waals surface area contributed by atoms with E-state index in [-0.39, 0.29) is 40.9 Å². The molecule has 1 saturated carbocycles. The second-order valence-electron chi connectivity index (χ2n) is 9.20. The molecule has 1 aliphatic heterocycles. The number of carbonyl (C=O) groups excluding carboxylic acids is 3. The van der Waals surface area contributed by atoms with Crippen molar-refractivity contribution in [2.24, 2.45) is 5.92 Å². The zero-order chi connectivity index (χ0) is 25.7. The average Bonchev–Trinajstić information content (AvgIpc) is 3.62. The number of rotatable bonds is 10. The highest BCUT2D eigenvalue weighted by atomic mass is 35.5. The molecule has 37 heavy (non-hydrogen) atoms. The topological polar surface area (TPSA) is 117 Å². The lowest BCUT2D eigenvalue weighted by molar-refractivity contribution is -0.129. The second kappa shape index (κ2) is 13.3. The van der Waals surface area contributed by atoms with Crippen molar-refractivity contribution >= 4 is 47.1 Å². The molecular weight excluding hydrogens is 521 g/mol. The van der Waals surface area contributed by atoms with Crippen molar-refractivity contribution in [3.8, 4) is 0 Å². The fraction of sp³-hybridized carbons (Fsp3) is 0.480. The summed E-state index contributed by atoms with van der Waals surface area (Å²) in [6.07, 6.45) is 6.43. The van der Waals surface area contributed by atoms with Crippen LogP contribution in [0.1, 0.15) is 56.3 Å². The molecule has 1 aromatic carbocycles. The summed E-state index contributed by atoms with van der Waals surface area (Å²) in [7, 11) is 0. The van der Waals surface area contributed by atoms with Gasteiger partial charge in [0.2, 0.25) is 5.91 Å². The smallest absolute Gasteiger partial charge is 0.243 e. The molecule has 9 nitrogen and oxygen atoms in total. The van der Waals surface area contributed by atoms with Gasteiger partial charge >= 0.3 is 0 Å². The number of hydrogen-bond acceptors (Lipinski definition) is 8. The van der Waals surface area contributed by atoms with Crippen LogP contribution in [0.25, 0.3) is 6.08 Å². The van der Waals surface area contributed by atoms with E-state index in [0.717, 1.165) is 18.4 Å². The molecule has 2 aliphatic rings. The normalized spacial score (nSPS) is 19.8. The largest absolute Gasteiger partial charge is 0.297 e. The van der Waals surface area contributed by atoms with Gasteiger partial charge in [-0.05, 0) is 43.4 Å². The Morgan fingerprint density at radius 3 is 2.70 bits per heavy atom. The first-order valence-corrected chi connectivity index (χ1v) is 13.0. The number of aryl methyl sites for hydroxylation is 1. The van der Waals surface area contributed by atoms with Crippen molar-refractivity contribution in [2.75, 3.05) is 13.1 Å². The number of ketones is 1. The summed E-state index contributed by atoms with van der Waals surface area (Å²) < 4.78 is 16.5. The molecule has 0 spiro atoms. The maximum atomic E-state index is 14.8. The first kappa shape index (κ1) is 29.0. The summed E-state index contributed by atoms with van der Waals surface area (Å²) in [4.78, 5) is 38.6. The Balaban J connectivity index is 0.00000380. The molecule has 2 heterocycles. The third-order valence-corrected chi connectivity index (χ3v) is 7.63. The molecule has 2 fully saturated rings. The highest BCUT2D eigenvalue weighted by molar-refractivity contribution is 8.14. The van der Waals surface area contributed by atoms with Crippen molar-refractivity contribution in [2.45, 2.75) is 56.9 Å². The second-order valence-corrected chi connectivity index (χ2v) is 10.6. The Labute approximate surface area is 225 Å². The summed E-state index contributed by atoms with van der Waals surface area (Å²) in [6.45, 7) is 2.91. The summed E-state index contributed by atoms with van der Waals surface area (Å²) in [5.74, 6) is -0.856. The van der Waals surface area contributed by atoms with Gasteiger partial charge in [0.15, 0.2) is 10.9 Å². The van der Waals surface area contributed by atoms with Gasteiger partial charge in [-0.1, -0.05) is 35.2 Å². The van der Waals surface area contributed by atoms with E-state index in [4.69, 9.17) is 5.21 Å². The molecule has 1 aromatic heterocycles. The van der Waals surface area contributed by atoms with E-state index < -0.39 is 17.8 Å². The third-order valence-electron chi connectivity index (χ3n) is 6.48. The summed E-state index contributed by atoms with van der Waals surface area (Å²) in [5, 5.41) is 16.7. The van der Waals surface area contributed by atoms with Crippen molar-refractivity contribution < 1.29 is 24.0 Å². The standard InChI is InChI=1S/C25H30FN5O4S.ClH/c1-16(32)36-22-10-12-30(24(25(34)17-8-9-17)20-5-2-3-6-21(20)26)15-18(22)13-19-14-27-29-31(19)11-4-7-23(33)28-35;/h2-3,5-6,13-14,17,22,24,35H,4,7-12,15H2,1H3,(H,28,33);1H/b18-13+;. The van der Waals surface area contributed by atoms with E-state index in [9.17, 15) is 18.8 Å². The molecule has 2 N–H and O–H groups in total. The van der Waals surface area contributed by atoms with Gasteiger partial charge < -0.3 is 0 Å². The number of likely N-dealkylation sites (tertiary alicyclic amines) is 1. The minimum atomic E-state index is -0.676. The quantitative estimate of drug-likeness (QED) is 0.340. The number of piperidine rings is 1. The number of thioether (sulfide) groups is 1. The maximum Gasteiger partial charge on any atom is 0.243 e. The van der Waals surface area contributed by atoms with Gasteiger partial charge in [-0.3, -0.25) is 24.5 Å². The van der Waals surface area contributed by atoms with Crippen LogP contribution in [0.4, 0.5) is 4.39 Å². The van der Waals surface area contributed by atoms with E-state index in [2.05, 4.69) is 10.3 Å². The zero-order valence-corrected chi connectivity index (χ0v) is 22.1. The number of benzene rings is 1. The van der Waals surface area contributed by atoms with E-state index in [0.29, 0.717) is 43.7 Å². The molecule has 2 atom stereocenters. The first-order valence-electron chi connectivity index (χ1n) is 12.1. The molecule has 1 aliphatic carbocycles. The van der Waals surface area contributed by atoms with Crippen LogP contribution in [-0.2, 0) is 20.9 Å². The summed E-state index contributed by atoms with van der Waals surface area (Å²) in [6, 6.07) is 5.77. The van der Waals surface area contributed by atoms with Gasteiger partial charge in [-0.25, -0.2) is 14.6 Å². The van der Waals surface area contributed by atoms with Crippen molar-refractivity contribution in [3.63, 3.8) is 0 Å². The number of amides is 1. The lowest BCUT2D eigenvalue weighted by atomic mass is 9.93. The van der Waals surface area contributed by atoms with E-state index >= 15 is 0 Å². The summed E-state index contributed by atoms with van der Waals surface area (Å²) in [5.41, 5.74) is 3.65. The molecule has 1 amide bonds. The molecule has 1 saturated heterocycles. The number of hydroxylamine groups is 1. The van der Waals surface area contributed by atoms with Crippen LogP contribution in [0.15, 0.2) is 36.0 Å². The minimum absolute atomic E-state index is 0. The number of hydrogen-bond donors (Lipinski definition) is 2. The Hall–Kier alpha value is -2.60. The lowest BCUT2D eigenvalue weighted by Gasteiger charge is -2.38. The molecular formula is C25H31ClFN5O4S. The molecule has 2 unspecified atom stereocenters. The van der Waals surface area contributed by atoms with Crippen molar-refractivity contribution in [1.29, 1.82) is 0 Å². The summed E-state index contributed by atoms with van der Waals surface area (Å²) >= 11 is 1.25. The maximum absolute atomic E-state index is 14.8. The number of halogens is 2. The van der Waals surface area contributed by atoms with Gasteiger partial charge in [0, 0.05) is 49.7 Å². The molecule has 12 heteroatoms. The fourth-order valence-electron chi connectivity index (χ4n) is 4.58. The minimum Gasteiger partial charge on any atom is -0.297 e. The molecule has 2 aromatic rings. The van der Waals surface area contributed by atoms with E-state index in [1.54, 1.807) is 34.6 Å². The van der Waals surface area contributed by atoms with Crippen LogP contribution >= 0.6 is 24.2 Å². The highest BCUT2D eigenvalue weighted by Gasteiger charge is 2.41. The Kier molecular flexibility index (Phi) is 10.4. The predicted molar refractivity (Wildman–Crippen MR) is 140 cm³/mol. The fourth-order valence-corrected chi connectivity index (χ4v) is 5.50. The van der Waals surface area contributed by atoms with Gasteiger partial charge in [-0.15, -0.1) is 17.5 Å². The predicted octanol–water partition coefficient (Wildman–Crippen LogP) is 3.58. The number of Topliss-reactive ketones (excluding diaryl/α,β-unsaturated/α-hetero) is 1. The van der Waals surface area contributed by atoms with Crippen LogP contribution in [0.3, 0.4) is 0 Å². The molecule has 0 bridgehead atoms. The van der Waals surface area contributed by atoms with Gasteiger partial charge in [-0.2, -0.15) is 0 Å². The molecule has 0 radical (unpaired) electrons. The van der Waals surface area contributed by atoms with Gasteiger partial charge in [0.25, 0.3) is 0 Å². The van der Waals surface area contributed by atoms with Crippen LogP contribution < -0.4 is 5.48 Å². The number of nitrogens with zero attached hydrogens (tertiary/aromatic N) is 4. The number of carbonyl (C=O) groups is 3. The van der Waals surface area contributed by atoms with Crippen LogP contribution in [0, 0.1) is 11.7 Å². The van der Waals surface area contributed by atoms with E-state index in [1.165, 1.54) is 24.8 Å². The van der Waals surface area contributed by atoms with Crippen molar-refractivity contribution in [3.05, 3.63) is 53.1 Å². The average molecular weight is 552 g/mol. The lowest BCUT2D eigenvalue weighted by Crippen LogP contribution is -2.43. The zero-order valence-electron chi connectivity index (χ0n) is 20.5. The van der Waals surface area contributed by atoms with Gasteiger partial charge in [0.05, 0.1) is 17.9 Å². The molecule has 4 rings (SSSR count). The van der Waals surface area contributed by atoms with Gasteiger partial charge in [0.1, 0.15) is 5.82 Å². The van der Waals surface area contributed by atoms with Crippen LogP contribution in [0.5, 0.6) is 0 Å². The van der Waals surface area contributed by atoms with E-state index in [1.807, 2.05) is 11.0 Å².